The zero-order chi connectivity index (χ0) is 13.1. The van der Waals surface area contributed by atoms with Gasteiger partial charge in [-0.15, -0.1) is 12.4 Å². The number of piperidine rings is 1. The lowest BCUT2D eigenvalue weighted by Gasteiger charge is -2.30. The molecule has 0 radical (unpaired) electrons. The van der Waals surface area contributed by atoms with Crippen molar-refractivity contribution in [1.82, 2.24) is 4.90 Å². The number of hydrogen-bond donors (Lipinski definition) is 1. The zero-order valence-corrected chi connectivity index (χ0v) is 11.6. The van der Waals surface area contributed by atoms with E-state index in [4.69, 9.17) is 10.5 Å². The molecule has 1 aromatic rings. The zero-order valence-electron chi connectivity index (χ0n) is 10.8. The van der Waals surface area contributed by atoms with Crippen LogP contribution in [0.3, 0.4) is 0 Å². The number of carbonyl (C=O) groups excluding carboxylic acids is 1. The highest BCUT2D eigenvalue weighted by atomic mass is 35.5. The summed E-state index contributed by atoms with van der Waals surface area (Å²) in [6, 6.07) is 4.27. The van der Waals surface area contributed by atoms with E-state index in [1.165, 1.54) is 19.2 Å². The number of benzene rings is 1. The van der Waals surface area contributed by atoms with Gasteiger partial charge in [-0.2, -0.15) is 0 Å². The third-order valence-electron chi connectivity index (χ3n) is 3.14. The molecule has 1 unspecified atom stereocenters. The molecule has 1 saturated heterocycles. The maximum absolute atomic E-state index is 13.5. The summed E-state index contributed by atoms with van der Waals surface area (Å²) < 4.78 is 18.4. The fraction of sp³-hybridized carbons (Fsp3) is 0.462. The van der Waals surface area contributed by atoms with Crippen LogP contribution in [0.15, 0.2) is 18.2 Å². The molecule has 0 spiro atoms. The maximum atomic E-state index is 13.5. The fourth-order valence-electron chi connectivity index (χ4n) is 2.18. The Bertz CT molecular complexity index is 456. The summed E-state index contributed by atoms with van der Waals surface area (Å²) in [6.07, 6.45) is 1.83. The van der Waals surface area contributed by atoms with Crippen LogP contribution in [0, 0.1) is 5.82 Å². The lowest BCUT2D eigenvalue weighted by atomic mass is 10.1. The number of hydrogen-bond acceptors (Lipinski definition) is 3. The maximum Gasteiger partial charge on any atom is 0.254 e. The Balaban J connectivity index is 0.00000180. The van der Waals surface area contributed by atoms with E-state index in [2.05, 4.69) is 0 Å². The van der Waals surface area contributed by atoms with Gasteiger partial charge in [0.2, 0.25) is 0 Å². The van der Waals surface area contributed by atoms with Gasteiger partial charge >= 0.3 is 0 Å². The number of carbonyl (C=O) groups is 1. The Morgan fingerprint density at radius 3 is 2.84 bits per heavy atom. The molecule has 1 aliphatic rings. The lowest BCUT2D eigenvalue weighted by molar-refractivity contribution is 0.0708. The molecular weight excluding hydrogens is 271 g/mol. The number of rotatable bonds is 2. The van der Waals surface area contributed by atoms with Crippen molar-refractivity contribution < 1.29 is 13.9 Å². The molecule has 1 atom stereocenters. The molecule has 1 fully saturated rings. The number of nitrogens with zero attached hydrogens (tertiary/aromatic N) is 1. The minimum Gasteiger partial charge on any atom is -0.494 e. The first-order valence-electron chi connectivity index (χ1n) is 6.00. The van der Waals surface area contributed by atoms with E-state index >= 15 is 0 Å². The van der Waals surface area contributed by atoms with Crippen LogP contribution in [0.25, 0.3) is 0 Å². The first kappa shape index (κ1) is 15.7. The van der Waals surface area contributed by atoms with Gasteiger partial charge in [-0.05, 0) is 31.0 Å². The summed E-state index contributed by atoms with van der Waals surface area (Å²) in [4.78, 5) is 13.8. The van der Waals surface area contributed by atoms with Crippen LogP contribution < -0.4 is 10.5 Å². The predicted octanol–water partition coefficient (Wildman–Crippen LogP) is 1.82. The molecule has 19 heavy (non-hydrogen) atoms. The van der Waals surface area contributed by atoms with Crippen molar-refractivity contribution in [2.24, 2.45) is 5.73 Å². The summed E-state index contributed by atoms with van der Waals surface area (Å²) in [7, 11) is 1.39. The third-order valence-corrected chi connectivity index (χ3v) is 3.14. The second-order valence-corrected chi connectivity index (χ2v) is 4.50. The van der Waals surface area contributed by atoms with Gasteiger partial charge in [-0.3, -0.25) is 4.79 Å². The topological polar surface area (TPSA) is 55.6 Å². The molecule has 1 heterocycles. The van der Waals surface area contributed by atoms with Gasteiger partial charge in [0.05, 0.1) is 7.11 Å². The van der Waals surface area contributed by atoms with Crippen LogP contribution in [0.1, 0.15) is 23.2 Å². The van der Waals surface area contributed by atoms with E-state index in [1.807, 2.05) is 0 Å². The van der Waals surface area contributed by atoms with E-state index in [0.29, 0.717) is 18.7 Å². The second kappa shape index (κ2) is 6.73. The predicted molar refractivity (Wildman–Crippen MR) is 73.3 cm³/mol. The Morgan fingerprint density at radius 2 is 2.26 bits per heavy atom. The van der Waals surface area contributed by atoms with Gasteiger partial charge in [-0.25, -0.2) is 4.39 Å². The van der Waals surface area contributed by atoms with E-state index < -0.39 is 5.82 Å². The SMILES string of the molecule is COc1ccc(C(=O)N2CCCC(N)C2)cc1F.Cl. The number of nitrogens with two attached hydrogens (primary N) is 1. The van der Waals surface area contributed by atoms with Crippen molar-refractivity contribution in [3.63, 3.8) is 0 Å². The fourth-order valence-corrected chi connectivity index (χ4v) is 2.18. The summed E-state index contributed by atoms with van der Waals surface area (Å²) in [5.74, 6) is -0.557. The minimum atomic E-state index is -0.523. The molecule has 2 N–H and O–H groups in total. The standard InChI is InChI=1S/C13H17FN2O2.ClH/c1-18-12-5-4-9(7-11(12)14)13(17)16-6-2-3-10(15)8-16;/h4-5,7,10H,2-3,6,8,15H2,1H3;1H. The number of methoxy groups -OCH3 is 1. The van der Waals surface area contributed by atoms with E-state index in [-0.39, 0.29) is 30.1 Å². The van der Waals surface area contributed by atoms with Crippen molar-refractivity contribution in [1.29, 1.82) is 0 Å². The minimum absolute atomic E-state index is 0. The normalized spacial score (nSPS) is 18.7. The summed E-state index contributed by atoms with van der Waals surface area (Å²) in [5.41, 5.74) is 6.16. The van der Waals surface area contributed by atoms with Crippen LogP contribution in [0.2, 0.25) is 0 Å². The number of halogens is 2. The van der Waals surface area contributed by atoms with Crippen LogP contribution in [0.5, 0.6) is 5.75 Å². The van der Waals surface area contributed by atoms with Crippen molar-refractivity contribution >= 4 is 18.3 Å². The molecule has 2 rings (SSSR count). The monoisotopic (exact) mass is 288 g/mol. The first-order chi connectivity index (χ1) is 8.61. The molecule has 6 heteroatoms. The first-order valence-corrected chi connectivity index (χ1v) is 6.00. The molecule has 106 valence electrons. The number of likely N-dealkylation sites (tertiary alicyclic amines) is 1. The highest BCUT2D eigenvalue weighted by Crippen LogP contribution is 2.20. The summed E-state index contributed by atoms with van der Waals surface area (Å²) in [5, 5.41) is 0. The van der Waals surface area contributed by atoms with E-state index in [1.54, 1.807) is 11.0 Å². The smallest absolute Gasteiger partial charge is 0.254 e. The average Bonchev–Trinajstić information content (AvgIpc) is 2.37. The largest absolute Gasteiger partial charge is 0.494 e. The molecule has 0 saturated carbocycles. The molecule has 4 nitrogen and oxygen atoms in total. The van der Waals surface area contributed by atoms with Gasteiger partial charge < -0.3 is 15.4 Å². The Morgan fingerprint density at radius 1 is 1.53 bits per heavy atom. The second-order valence-electron chi connectivity index (χ2n) is 4.50. The highest BCUT2D eigenvalue weighted by Gasteiger charge is 2.22. The molecule has 0 bridgehead atoms. The molecule has 0 aromatic heterocycles. The molecule has 0 aliphatic carbocycles. The Kier molecular flexibility index (Phi) is 5.57. The van der Waals surface area contributed by atoms with Crippen LogP contribution in [-0.2, 0) is 0 Å². The molecule has 1 aromatic carbocycles. The van der Waals surface area contributed by atoms with E-state index in [9.17, 15) is 9.18 Å². The van der Waals surface area contributed by atoms with Gasteiger partial charge in [0.25, 0.3) is 5.91 Å². The van der Waals surface area contributed by atoms with Gasteiger partial charge in [0.1, 0.15) is 0 Å². The van der Waals surface area contributed by atoms with Crippen molar-refractivity contribution in [3.05, 3.63) is 29.6 Å². The quantitative estimate of drug-likeness (QED) is 0.903. The van der Waals surface area contributed by atoms with Crippen molar-refractivity contribution in [2.45, 2.75) is 18.9 Å². The molecule has 1 aliphatic heterocycles. The Labute approximate surface area is 118 Å². The molecular formula is C13H18ClFN2O2. The summed E-state index contributed by atoms with van der Waals surface area (Å²) in [6.45, 7) is 1.21. The van der Waals surface area contributed by atoms with Crippen molar-refractivity contribution in [2.75, 3.05) is 20.2 Å². The lowest BCUT2D eigenvalue weighted by Crippen LogP contribution is -2.45. The van der Waals surface area contributed by atoms with Crippen LogP contribution in [0.4, 0.5) is 4.39 Å². The number of amides is 1. The highest BCUT2D eigenvalue weighted by molar-refractivity contribution is 5.94. The van der Waals surface area contributed by atoms with Gasteiger partial charge in [0, 0.05) is 24.7 Å². The summed E-state index contributed by atoms with van der Waals surface area (Å²) >= 11 is 0. The van der Waals surface area contributed by atoms with Crippen molar-refractivity contribution in [3.8, 4) is 5.75 Å². The van der Waals surface area contributed by atoms with Crippen LogP contribution >= 0.6 is 12.4 Å². The third kappa shape index (κ3) is 3.58. The van der Waals surface area contributed by atoms with Gasteiger partial charge in [0.15, 0.2) is 11.6 Å². The average molecular weight is 289 g/mol. The van der Waals surface area contributed by atoms with Crippen LogP contribution in [-0.4, -0.2) is 37.0 Å². The van der Waals surface area contributed by atoms with Gasteiger partial charge in [-0.1, -0.05) is 0 Å². The number of ether oxygens (including phenoxy) is 1. The Hall–Kier alpha value is -1.33. The van der Waals surface area contributed by atoms with E-state index in [0.717, 1.165) is 12.8 Å². The molecule has 1 amide bonds.